The van der Waals surface area contributed by atoms with Crippen molar-refractivity contribution in [2.45, 2.75) is 19.3 Å². The fraction of sp³-hybridized carbons (Fsp3) is 0.389. The van der Waals surface area contributed by atoms with Crippen LogP contribution in [0.15, 0.2) is 30.3 Å². The number of piperidine rings is 1. The molecule has 6 nitrogen and oxygen atoms in total. The minimum Gasteiger partial charge on any atom is -0.355 e. The molecular formula is C18H23N3O3. The molecule has 6 heteroatoms. The molecule has 2 rings (SSSR count). The smallest absolute Gasteiger partial charge is 0.251 e. The van der Waals surface area contributed by atoms with E-state index in [0.29, 0.717) is 5.56 Å². The summed E-state index contributed by atoms with van der Waals surface area (Å²) in [5.41, 5.74) is 1.37. The number of amides is 3. The predicted octanol–water partition coefficient (Wildman–Crippen LogP) is 1.19. The van der Waals surface area contributed by atoms with Gasteiger partial charge >= 0.3 is 0 Å². The summed E-state index contributed by atoms with van der Waals surface area (Å²) in [6, 6.07) is 6.90. The first-order chi connectivity index (χ1) is 11.6. The molecule has 24 heavy (non-hydrogen) atoms. The zero-order valence-corrected chi connectivity index (χ0v) is 13.9. The van der Waals surface area contributed by atoms with Crippen LogP contribution in [-0.2, 0) is 9.59 Å². The van der Waals surface area contributed by atoms with E-state index in [9.17, 15) is 14.4 Å². The molecule has 1 heterocycles. The third kappa shape index (κ3) is 5.22. The van der Waals surface area contributed by atoms with Crippen LogP contribution in [0.2, 0.25) is 0 Å². The molecule has 0 bridgehead atoms. The van der Waals surface area contributed by atoms with Crippen LogP contribution < -0.4 is 10.6 Å². The molecule has 1 aromatic carbocycles. The summed E-state index contributed by atoms with van der Waals surface area (Å²) < 4.78 is 0. The largest absolute Gasteiger partial charge is 0.355 e. The van der Waals surface area contributed by atoms with Crippen molar-refractivity contribution in [3.63, 3.8) is 0 Å². The molecule has 0 spiro atoms. The van der Waals surface area contributed by atoms with E-state index in [2.05, 4.69) is 10.6 Å². The summed E-state index contributed by atoms with van der Waals surface area (Å²) in [6.45, 7) is 1.59. The molecule has 0 aliphatic carbocycles. The highest BCUT2D eigenvalue weighted by atomic mass is 16.2. The molecule has 1 fully saturated rings. The van der Waals surface area contributed by atoms with E-state index < -0.39 is 0 Å². The van der Waals surface area contributed by atoms with Crippen molar-refractivity contribution in [2.24, 2.45) is 0 Å². The molecule has 0 atom stereocenters. The quantitative estimate of drug-likeness (QED) is 0.797. The first kappa shape index (κ1) is 17.7. The van der Waals surface area contributed by atoms with Crippen molar-refractivity contribution in [1.29, 1.82) is 0 Å². The molecule has 3 amide bonds. The number of benzene rings is 1. The maximum absolute atomic E-state index is 12.0. The van der Waals surface area contributed by atoms with Crippen LogP contribution in [0.5, 0.6) is 0 Å². The van der Waals surface area contributed by atoms with Gasteiger partial charge in [-0.25, -0.2) is 0 Å². The lowest BCUT2D eigenvalue weighted by Crippen LogP contribution is -2.42. The van der Waals surface area contributed by atoms with Crippen LogP contribution >= 0.6 is 0 Å². The summed E-state index contributed by atoms with van der Waals surface area (Å²) >= 11 is 0. The average Bonchev–Trinajstić information content (AvgIpc) is 2.64. The number of likely N-dealkylation sites (tertiary alicyclic amines) is 1. The number of nitrogens with one attached hydrogen (secondary N) is 2. The van der Waals surface area contributed by atoms with Gasteiger partial charge in [-0.3, -0.25) is 14.4 Å². The second kappa shape index (κ2) is 8.86. The van der Waals surface area contributed by atoms with Crippen molar-refractivity contribution in [3.05, 3.63) is 41.5 Å². The Kier molecular flexibility index (Phi) is 6.54. The van der Waals surface area contributed by atoms with Gasteiger partial charge in [-0.1, -0.05) is 12.1 Å². The molecule has 128 valence electrons. The highest BCUT2D eigenvalue weighted by Crippen LogP contribution is 2.08. The van der Waals surface area contributed by atoms with Gasteiger partial charge in [0, 0.05) is 31.8 Å². The molecular weight excluding hydrogens is 306 g/mol. The van der Waals surface area contributed by atoms with E-state index in [4.69, 9.17) is 0 Å². The Labute approximate surface area is 141 Å². The van der Waals surface area contributed by atoms with Crippen molar-refractivity contribution in [2.75, 3.05) is 26.7 Å². The van der Waals surface area contributed by atoms with E-state index >= 15 is 0 Å². The van der Waals surface area contributed by atoms with Gasteiger partial charge in [0.2, 0.25) is 11.8 Å². The van der Waals surface area contributed by atoms with Crippen molar-refractivity contribution >= 4 is 23.8 Å². The first-order valence-electron chi connectivity index (χ1n) is 8.16. The van der Waals surface area contributed by atoms with Gasteiger partial charge in [0.15, 0.2) is 0 Å². The second-order valence-corrected chi connectivity index (χ2v) is 5.69. The van der Waals surface area contributed by atoms with Crippen molar-refractivity contribution in [1.82, 2.24) is 15.5 Å². The van der Waals surface area contributed by atoms with Gasteiger partial charge in [-0.15, -0.1) is 0 Å². The van der Waals surface area contributed by atoms with Gasteiger partial charge in [0.1, 0.15) is 0 Å². The van der Waals surface area contributed by atoms with Gasteiger partial charge < -0.3 is 15.5 Å². The van der Waals surface area contributed by atoms with E-state index in [1.807, 2.05) is 0 Å². The summed E-state index contributed by atoms with van der Waals surface area (Å²) in [7, 11) is 1.58. The topological polar surface area (TPSA) is 78.5 Å². The minimum absolute atomic E-state index is 0.0266. The molecule has 1 saturated heterocycles. The monoisotopic (exact) mass is 329 g/mol. The van der Waals surface area contributed by atoms with Gasteiger partial charge in [-0.05, 0) is 43.0 Å². The third-order valence-corrected chi connectivity index (χ3v) is 3.95. The van der Waals surface area contributed by atoms with E-state index in [1.54, 1.807) is 42.3 Å². The van der Waals surface area contributed by atoms with Crippen LogP contribution in [0, 0.1) is 0 Å². The van der Waals surface area contributed by atoms with Crippen LogP contribution in [0.4, 0.5) is 0 Å². The summed E-state index contributed by atoms with van der Waals surface area (Å²) in [5, 5.41) is 5.16. The zero-order valence-electron chi connectivity index (χ0n) is 13.9. The number of carbonyl (C=O) groups excluding carboxylic acids is 3. The summed E-state index contributed by atoms with van der Waals surface area (Å²) in [4.78, 5) is 37.0. The van der Waals surface area contributed by atoms with Crippen LogP contribution in [0.3, 0.4) is 0 Å². The molecule has 0 unspecified atom stereocenters. The molecule has 1 aromatic rings. The van der Waals surface area contributed by atoms with E-state index in [0.717, 1.165) is 37.9 Å². The van der Waals surface area contributed by atoms with Crippen molar-refractivity contribution < 1.29 is 14.4 Å². The fourth-order valence-electron chi connectivity index (χ4n) is 2.54. The lowest BCUT2D eigenvalue weighted by Gasteiger charge is -2.26. The summed E-state index contributed by atoms with van der Waals surface area (Å²) in [6.07, 6.45) is 6.27. The molecule has 1 aliphatic heterocycles. The van der Waals surface area contributed by atoms with Gasteiger partial charge in [0.05, 0.1) is 6.54 Å². The Morgan fingerprint density at radius 3 is 2.38 bits per heavy atom. The average molecular weight is 329 g/mol. The van der Waals surface area contributed by atoms with Crippen LogP contribution in [0.1, 0.15) is 35.2 Å². The zero-order chi connectivity index (χ0) is 17.4. The Balaban J connectivity index is 1.79. The van der Waals surface area contributed by atoms with Crippen LogP contribution in [0.25, 0.3) is 6.08 Å². The normalized spacial score (nSPS) is 14.5. The highest BCUT2D eigenvalue weighted by molar-refractivity contribution is 5.95. The SMILES string of the molecule is CNC(=O)c1ccc(/C=C\C(=O)NCC(=O)N2CCCCC2)cc1. The molecule has 0 aromatic heterocycles. The Morgan fingerprint density at radius 1 is 1.08 bits per heavy atom. The summed E-state index contributed by atoms with van der Waals surface area (Å²) in [5.74, 6) is -0.499. The number of carbonyl (C=O) groups is 3. The Morgan fingerprint density at radius 2 is 1.75 bits per heavy atom. The fourth-order valence-corrected chi connectivity index (χ4v) is 2.54. The minimum atomic E-state index is -0.310. The molecule has 2 N–H and O–H groups in total. The third-order valence-electron chi connectivity index (χ3n) is 3.95. The standard InChI is InChI=1S/C18H23N3O3/c1-19-18(24)15-8-5-14(6-9-15)7-10-16(22)20-13-17(23)21-11-3-2-4-12-21/h5-10H,2-4,11-13H2,1H3,(H,19,24)(H,20,22)/b10-7-. The van der Waals surface area contributed by atoms with Crippen LogP contribution in [-0.4, -0.2) is 49.3 Å². The lowest BCUT2D eigenvalue weighted by atomic mass is 10.1. The first-order valence-corrected chi connectivity index (χ1v) is 8.16. The van der Waals surface area contributed by atoms with Gasteiger partial charge in [0.25, 0.3) is 5.91 Å². The maximum Gasteiger partial charge on any atom is 0.251 e. The van der Waals surface area contributed by atoms with Crippen molar-refractivity contribution in [3.8, 4) is 0 Å². The Hall–Kier alpha value is -2.63. The predicted molar refractivity (Wildman–Crippen MR) is 92.3 cm³/mol. The number of hydrogen-bond acceptors (Lipinski definition) is 3. The number of nitrogens with zero attached hydrogens (tertiary/aromatic N) is 1. The Bertz CT molecular complexity index is 617. The lowest BCUT2D eigenvalue weighted by molar-refractivity contribution is -0.132. The second-order valence-electron chi connectivity index (χ2n) is 5.69. The van der Waals surface area contributed by atoms with Gasteiger partial charge in [-0.2, -0.15) is 0 Å². The highest BCUT2D eigenvalue weighted by Gasteiger charge is 2.16. The maximum atomic E-state index is 12.0. The molecule has 0 saturated carbocycles. The number of rotatable bonds is 5. The van der Waals surface area contributed by atoms with E-state index in [1.165, 1.54) is 6.08 Å². The molecule has 1 aliphatic rings. The number of hydrogen-bond donors (Lipinski definition) is 2. The van der Waals surface area contributed by atoms with E-state index in [-0.39, 0.29) is 24.3 Å². The molecule has 0 radical (unpaired) electrons.